The normalized spacial score (nSPS) is 12.5. The van der Waals surface area contributed by atoms with E-state index in [0.29, 0.717) is 22.6 Å². The number of nitrogens with one attached hydrogen (secondary N) is 1. The van der Waals surface area contributed by atoms with Gasteiger partial charge in [-0.3, -0.25) is 9.52 Å². The predicted octanol–water partition coefficient (Wildman–Crippen LogP) is 3.20. The summed E-state index contributed by atoms with van der Waals surface area (Å²) in [6.45, 7) is 2.96. The summed E-state index contributed by atoms with van der Waals surface area (Å²) in [7, 11) is -3.37. The number of hydrogen-bond donors (Lipinski definition) is 2. The van der Waals surface area contributed by atoms with E-state index >= 15 is 0 Å². The van der Waals surface area contributed by atoms with E-state index < -0.39 is 22.1 Å². The fourth-order valence-electron chi connectivity index (χ4n) is 2.17. The minimum atomic E-state index is -3.37. The monoisotopic (exact) mass is 403 g/mol. The predicted molar refractivity (Wildman–Crippen MR) is 107 cm³/mol. The summed E-state index contributed by atoms with van der Waals surface area (Å²) in [5, 5.41) is 8.89. The molecule has 0 spiro atoms. The molecule has 7 nitrogen and oxygen atoms in total. The van der Waals surface area contributed by atoms with Crippen molar-refractivity contribution in [2.24, 2.45) is 0 Å². The van der Waals surface area contributed by atoms with Crippen LogP contribution in [0.2, 0.25) is 0 Å². The van der Waals surface area contributed by atoms with Crippen molar-refractivity contribution in [3.05, 3.63) is 65.7 Å². The molecule has 8 heteroatoms. The molecule has 148 valence electrons. The Hall–Kier alpha value is -3.13. The molecular formula is C20H21NO6S. The molecule has 1 atom stereocenters. The standard InChI is InChI=1S/C20H21NO6S/c1-3-28(25,26)21-17-10-8-16(9-11-17)19(22)12-7-15-5-4-6-18(13-15)27-14(2)20(23)24/h4-14,21H,3H2,1-2H3,(H,23,24)/b12-7+. The molecule has 2 aromatic carbocycles. The van der Waals surface area contributed by atoms with Crippen molar-refractivity contribution >= 4 is 33.5 Å². The highest BCUT2D eigenvalue weighted by molar-refractivity contribution is 7.92. The Bertz CT molecular complexity index is 980. The number of hydrogen-bond acceptors (Lipinski definition) is 5. The molecule has 0 heterocycles. The summed E-state index contributed by atoms with van der Waals surface area (Å²) < 4.78 is 30.8. The van der Waals surface area contributed by atoms with E-state index in [-0.39, 0.29) is 11.5 Å². The number of carboxylic acids is 1. The van der Waals surface area contributed by atoms with Crippen molar-refractivity contribution < 1.29 is 27.9 Å². The molecule has 0 saturated heterocycles. The van der Waals surface area contributed by atoms with Crippen molar-refractivity contribution in [3.63, 3.8) is 0 Å². The van der Waals surface area contributed by atoms with Gasteiger partial charge in [0.2, 0.25) is 10.0 Å². The van der Waals surface area contributed by atoms with Gasteiger partial charge in [0.25, 0.3) is 0 Å². The molecule has 0 aliphatic carbocycles. The van der Waals surface area contributed by atoms with E-state index in [0.717, 1.165) is 0 Å². The van der Waals surface area contributed by atoms with Gasteiger partial charge in [-0.25, -0.2) is 13.2 Å². The minimum Gasteiger partial charge on any atom is -0.479 e. The van der Waals surface area contributed by atoms with Gasteiger partial charge in [0.1, 0.15) is 5.75 Å². The zero-order valence-corrected chi connectivity index (χ0v) is 16.3. The molecule has 0 aliphatic rings. The van der Waals surface area contributed by atoms with Gasteiger partial charge in [-0.15, -0.1) is 0 Å². The van der Waals surface area contributed by atoms with Crippen molar-refractivity contribution in [1.82, 2.24) is 0 Å². The summed E-state index contributed by atoms with van der Waals surface area (Å²) in [6.07, 6.45) is 1.99. The van der Waals surface area contributed by atoms with Gasteiger partial charge in [-0.05, 0) is 61.9 Å². The first-order valence-electron chi connectivity index (χ1n) is 8.52. The maximum atomic E-state index is 12.3. The Balaban J connectivity index is 2.06. The van der Waals surface area contributed by atoms with Crippen LogP contribution in [0.5, 0.6) is 5.75 Å². The molecule has 0 aliphatic heterocycles. The van der Waals surface area contributed by atoms with Crippen LogP contribution in [-0.4, -0.2) is 37.1 Å². The SMILES string of the molecule is CCS(=O)(=O)Nc1ccc(C(=O)/C=C/c2cccc(OC(C)C(=O)O)c2)cc1. The lowest BCUT2D eigenvalue weighted by Crippen LogP contribution is -2.22. The number of carbonyl (C=O) groups is 2. The molecular weight excluding hydrogens is 382 g/mol. The van der Waals surface area contributed by atoms with Crippen molar-refractivity contribution in [3.8, 4) is 5.75 Å². The van der Waals surface area contributed by atoms with Crippen LogP contribution < -0.4 is 9.46 Å². The fourth-order valence-corrected chi connectivity index (χ4v) is 2.81. The zero-order chi connectivity index (χ0) is 20.7. The Kier molecular flexibility index (Phi) is 6.94. The summed E-state index contributed by atoms with van der Waals surface area (Å²) in [5.41, 5.74) is 1.47. The van der Waals surface area contributed by atoms with Crippen LogP contribution in [0.15, 0.2) is 54.6 Å². The van der Waals surface area contributed by atoms with E-state index in [1.807, 2.05) is 0 Å². The third-order valence-electron chi connectivity index (χ3n) is 3.77. The number of carboxylic acid groups (broad SMARTS) is 1. The molecule has 0 bridgehead atoms. The second-order valence-electron chi connectivity index (χ2n) is 5.95. The number of sulfonamides is 1. The number of benzene rings is 2. The smallest absolute Gasteiger partial charge is 0.344 e. The number of carbonyl (C=O) groups excluding carboxylic acids is 1. The quantitative estimate of drug-likeness (QED) is 0.491. The number of allylic oxidation sites excluding steroid dienone is 1. The van der Waals surface area contributed by atoms with E-state index in [1.165, 1.54) is 44.2 Å². The lowest BCUT2D eigenvalue weighted by Gasteiger charge is -2.10. The van der Waals surface area contributed by atoms with Crippen molar-refractivity contribution in [2.75, 3.05) is 10.5 Å². The molecule has 2 aromatic rings. The van der Waals surface area contributed by atoms with Crippen LogP contribution >= 0.6 is 0 Å². The average Bonchev–Trinajstić information content (AvgIpc) is 2.66. The highest BCUT2D eigenvalue weighted by atomic mass is 32.2. The van der Waals surface area contributed by atoms with Gasteiger partial charge < -0.3 is 9.84 Å². The fraction of sp³-hybridized carbons (Fsp3) is 0.200. The molecule has 2 N–H and O–H groups in total. The molecule has 0 saturated carbocycles. The number of ketones is 1. The van der Waals surface area contributed by atoms with Crippen LogP contribution in [0, 0.1) is 0 Å². The van der Waals surface area contributed by atoms with Gasteiger partial charge in [0.05, 0.1) is 5.75 Å². The largest absolute Gasteiger partial charge is 0.479 e. The van der Waals surface area contributed by atoms with Gasteiger partial charge in [-0.2, -0.15) is 0 Å². The summed E-state index contributed by atoms with van der Waals surface area (Å²) in [5.74, 6) is -0.974. The molecule has 0 radical (unpaired) electrons. The maximum Gasteiger partial charge on any atom is 0.344 e. The number of rotatable bonds is 9. The van der Waals surface area contributed by atoms with Crippen LogP contribution in [0.1, 0.15) is 29.8 Å². The third kappa shape index (κ3) is 6.24. The Morgan fingerprint density at radius 2 is 1.86 bits per heavy atom. The second kappa shape index (κ2) is 9.18. The minimum absolute atomic E-state index is 0.0373. The highest BCUT2D eigenvalue weighted by Gasteiger charge is 2.12. The highest BCUT2D eigenvalue weighted by Crippen LogP contribution is 2.17. The molecule has 1 unspecified atom stereocenters. The van der Waals surface area contributed by atoms with Crippen LogP contribution in [0.3, 0.4) is 0 Å². The maximum absolute atomic E-state index is 12.3. The second-order valence-corrected chi connectivity index (χ2v) is 7.96. The van der Waals surface area contributed by atoms with Gasteiger partial charge in [-0.1, -0.05) is 18.2 Å². The lowest BCUT2D eigenvalue weighted by molar-refractivity contribution is -0.144. The summed E-state index contributed by atoms with van der Waals surface area (Å²) in [4.78, 5) is 23.1. The third-order valence-corrected chi connectivity index (χ3v) is 5.08. The van der Waals surface area contributed by atoms with Gasteiger partial charge in [0.15, 0.2) is 11.9 Å². The molecule has 0 amide bonds. The Morgan fingerprint density at radius 3 is 2.46 bits per heavy atom. The Labute approximate surface area is 163 Å². The first-order chi connectivity index (χ1) is 13.2. The molecule has 0 fully saturated rings. The zero-order valence-electron chi connectivity index (χ0n) is 15.5. The number of ether oxygens (including phenoxy) is 1. The first-order valence-corrected chi connectivity index (χ1v) is 10.2. The van der Waals surface area contributed by atoms with Crippen LogP contribution in [0.4, 0.5) is 5.69 Å². The topological polar surface area (TPSA) is 110 Å². The molecule has 0 aromatic heterocycles. The number of aliphatic carboxylic acids is 1. The molecule has 28 heavy (non-hydrogen) atoms. The average molecular weight is 403 g/mol. The molecule has 2 rings (SSSR count). The van der Waals surface area contributed by atoms with Gasteiger partial charge in [0, 0.05) is 11.3 Å². The first kappa shape index (κ1) is 21.2. The van der Waals surface area contributed by atoms with E-state index in [1.54, 1.807) is 30.3 Å². The number of anilines is 1. The summed E-state index contributed by atoms with van der Waals surface area (Å²) >= 11 is 0. The Morgan fingerprint density at radius 1 is 1.18 bits per heavy atom. The lowest BCUT2D eigenvalue weighted by atomic mass is 10.1. The van der Waals surface area contributed by atoms with E-state index in [2.05, 4.69) is 4.72 Å². The van der Waals surface area contributed by atoms with Crippen LogP contribution in [-0.2, 0) is 14.8 Å². The van der Waals surface area contributed by atoms with Crippen LogP contribution in [0.25, 0.3) is 6.08 Å². The van der Waals surface area contributed by atoms with E-state index in [9.17, 15) is 18.0 Å². The van der Waals surface area contributed by atoms with Gasteiger partial charge >= 0.3 is 5.97 Å². The van der Waals surface area contributed by atoms with Crippen molar-refractivity contribution in [1.29, 1.82) is 0 Å². The summed E-state index contributed by atoms with van der Waals surface area (Å²) in [6, 6.07) is 12.8. The van der Waals surface area contributed by atoms with E-state index in [4.69, 9.17) is 9.84 Å². The van der Waals surface area contributed by atoms with Crippen molar-refractivity contribution in [2.45, 2.75) is 20.0 Å².